The predicted molar refractivity (Wildman–Crippen MR) is 67.1 cm³/mol. The molecule has 2 rings (SSSR count). The minimum Gasteiger partial charge on any atom is -0.481 e. The van der Waals surface area contributed by atoms with Gasteiger partial charge in [-0.1, -0.05) is 13.8 Å². The highest BCUT2D eigenvalue weighted by molar-refractivity contribution is 5.84. The quantitative estimate of drug-likeness (QED) is 0.755. The fourth-order valence-corrected chi connectivity index (χ4v) is 3.05. The molecular formula is C13H22N2O3. The first kappa shape index (κ1) is 13.3. The molecule has 0 saturated carbocycles. The van der Waals surface area contributed by atoms with Crippen LogP contribution in [-0.2, 0) is 9.59 Å². The number of amides is 1. The van der Waals surface area contributed by atoms with Crippen LogP contribution in [0.3, 0.4) is 0 Å². The SMILES string of the molecule is CC1CN(C(=O)C2NCCCC2C)CC1C(=O)O. The highest BCUT2D eigenvalue weighted by atomic mass is 16.4. The Bertz CT molecular complexity index is 345. The van der Waals surface area contributed by atoms with E-state index in [0.717, 1.165) is 19.4 Å². The molecule has 18 heavy (non-hydrogen) atoms. The highest BCUT2D eigenvalue weighted by Crippen LogP contribution is 2.26. The van der Waals surface area contributed by atoms with Gasteiger partial charge in [-0.05, 0) is 31.2 Å². The van der Waals surface area contributed by atoms with Gasteiger partial charge in [-0.25, -0.2) is 0 Å². The van der Waals surface area contributed by atoms with Crippen LogP contribution in [0, 0.1) is 17.8 Å². The second-order valence-corrected chi connectivity index (χ2v) is 5.72. The van der Waals surface area contributed by atoms with E-state index in [9.17, 15) is 9.59 Å². The van der Waals surface area contributed by atoms with Gasteiger partial charge in [0, 0.05) is 13.1 Å². The molecule has 2 saturated heterocycles. The molecule has 0 spiro atoms. The number of carboxylic acid groups (broad SMARTS) is 1. The molecule has 0 radical (unpaired) electrons. The molecule has 5 heteroatoms. The third-order valence-electron chi connectivity index (χ3n) is 4.28. The van der Waals surface area contributed by atoms with E-state index in [1.807, 2.05) is 6.92 Å². The van der Waals surface area contributed by atoms with Gasteiger partial charge in [0.25, 0.3) is 0 Å². The fraction of sp³-hybridized carbons (Fsp3) is 0.846. The van der Waals surface area contributed by atoms with E-state index in [4.69, 9.17) is 5.11 Å². The molecule has 2 fully saturated rings. The number of nitrogens with zero attached hydrogens (tertiary/aromatic N) is 1. The smallest absolute Gasteiger partial charge is 0.308 e. The van der Waals surface area contributed by atoms with Crippen molar-refractivity contribution in [3.63, 3.8) is 0 Å². The van der Waals surface area contributed by atoms with Crippen molar-refractivity contribution >= 4 is 11.9 Å². The van der Waals surface area contributed by atoms with Crippen LogP contribution in [0.4, 0.5) is 0 Å². The molecular weight excluding hydrogens is 232 g/mol. The third kappa shape index (κ3) is 2.51. The van der Waals surface area contributed by atoms with Crippen LogP contribution < -0.4 is 5.32 Å². The predicted octanol–water partition coefficient (Wildman–Crippen LogP) is 0.554. The number of carbonyl (C=O) groups is 2. The van der Waals surface area contributed by atoms with E-state index < -0.39 is 11.9 Å². The largest absolute Gasteiger partial charge is 0.481 e. The molecule has 2 aliphatic heterocycles. The van der Waals surface area contributed by atoms with Crippen LogP contribution in [0.15, 0.2) is 0 Å². The summed E-state index contributed by atoms with van der Waals surface area (Å²) in [6.07, 6.45) is 2.17. The summed E-state index contributed by atoms with van der Waals surface area (Å²) in [7, 11) is 0. The van der Waals surface area contributed by atoms with Crippen LogP contribution in [-0.4, -0.2) is 47.6 Å². The molecule has 2 N–H and O–H groups in total. The monoisotopic (exact) mass is 254 g/mol. The first-order valence-corrected chi connectivity index (χ1v) is 6.75. The van der Waals surface area contributed by atoms with Gasteiger partial charge in [0.2, 0.25) is 5.91 Å². The van der Waals surface area contributed by atoms with Gasteiger partial charge in [-0.15, -0.1) is 0 Å². The van der Waals surface area contributed by atoms with Crippen molar-refractivity contribution in [2.45, 2.75) is 32.7 Å². The van der Waals surface area contributed by atoms with E-state index in [2.05, 4.69) is 12.2 Å². The first-order valence-electron chi connectivity index (χ1n) is 6.75. The lowest BCUT2D eigenvalue weighted by Gasteiger charge is -2.32. The normalized spacial score (nSPS) is 36.7. The van der Waals surface area contributed by atoms with E-state index in [1.165, 1.54) is 0 Å². The topological polar surface area (TPSA) is 69.6 Å². The Morgan fingerprint density at radius 2 is 1.94 bits per heavy atom. The van der Waals surface area contributed by atoms with Crippen molar-refractivity contribution in [2.24, 2.45) is 17.8 Å². The Balaban J connectivity index is 2.00. The Labute approximate surface area is 108 Å². The van der Waals surface area contributed by atoms with Crippen LogP contribution >= 0.6 is 0 Å². The molecule has 102 valence electrons. The Kier molecular flexibility index (Phi) is 3.90. The van der Waals surface area contributed by atoms with Crippen molar-refractivity contribution in [1.29, 1.82) is 0 Å². The summed E-state index contributed by atoms with van der Waals surface area (Å²) >= 11 is 0. The number of nitrogens with one attached hydrogen (secondary N) is 1. The van der Waals surface area contributed by atoms with Gasteiger partial charge >= 0.3 is 5.97 Å². The summed E-state index contributed by atoms with van der Waals surface area (Å²) in [5.41, 5.74) is 0. The van der Waals surface area contributed by atoms with Crippen molar-refractivity contribution in [3.8, 4) is 0 Å². The maximum atomic E-state index is 12.4. The summed E-state index contributed by atoms with van der Waals surface area (Å²) in [5, 5.41) is 12.4. The average Bonchev–Trinajstić information content (AvgIpc) is 2.71. The minimum absolute atomic E-state index is 0.0466. The number of hydrogen-bond donors (Lipinski definition) is 2. The van der Waals surface area contributed by atoms with Gasteiger partial charge < -0.3 is 15.3 Å². The summed E-state index contributed by atoms with van der Waals surface area (Å²) in [6, 6.07) is -0.126. The third-order valence-corrected chi connectivity index (χ3v) is 4.28. The number of piperidine rings is 1. The molecule has 1 amide bonds. The molecule has 0 bridgehead atoms. The van der Waals surface area contributed by atoms with Gasteiger partial charge in [0.15, 0.2) is 0 Å². The van der Waals surface area contributed by atoms with Gasteiger partial charge in [0.05, 0.1) is 12.0 Å². The number of aliphatic carboxylic acids is 1. The lowest BCUT2D eigenvalue weighted by Crippen LogP contribution is -2.51. The van der Waals surface area contributed by atoms with Crippen molar-refractivity contribution < 1.29 is 14.7 Å². The van der Waals surface area contributed by atoms with E-state index in [1.54, 1.807) is 4.90 Å². The van der Waals surface area contributed by atoms with E-state index in [-0.39, 0.29) is 17.9 Å². The fourth-order valence-electron chi connectivity index (χ4n) is 3.05. The second kappa shape index (κ2) is 5.26. The number of rotatable bonds is 2. The molecule has 5 nitrogen and oxygen atoms in total. The molecule has 0 aliphatic carbocycles. The molecule has 4 atom stereocenters. The second-order valence-electron chi connectivity index (χ2n) is 5.72. The number of carbonyl (C=O) groups excluding carboxylic acids is 1. The lowest BCUT2D eigenvalue weighted by atomic mass is 9.92. The highest BCUT2D eigenvalue weighted by Gasteiger charge is 2.40. The standard InChI is InChI=1S/C13H22N2O3/c1-8-4-3-5-14-11(8)12(16)15-6-9(2)10(7-15)13(17)18/h8-11,14H,3-7H2,1-2H3,(H,17,18). The maximum absolute atomic E-state index is 12.4. The van der Waals surface area contributed by atoms with Gasteiger partial charge in [-0.3, -0.25) is 9.59 Å². The Morgan fingerprint density at radius 3 is 2.50 bits per heavy atom. The summed E-state index contributed by atoms with van der Waals surface area (Å²) in [5.74, 6) is -0.733. The molecule has 0 aromatic rings. The van der Waals surface area contributed by atoms with Crippen molar-refractivity contribution in [2.75, 3.05) is 19.6 Å². The molecule has 0 aromatic carbocycles. The Morgan fingerprint density at radius 1 is 1.22 bits per heavy atom. The lowest BCUT2D eigenvalue weighted by molar-refractivity contribution is -0.142. The van der Waals surface area contributed by atoms with E-state index >= 15 is 0 Å². The molecule has 0 aromatic heterocycles. The van der Waals surface area contributed by atoms with Crippen molar-refractivity contribution in [1.82, 2.24) is 10.2 Å². The summed E-state index contributed by atoms with van der Waals surface area (Å²) < 4.78 is 0. The van der Waals surface area contributed by atoms with Crippen molar-refractivity contribution in [3.05, 3.63) is 0 Å². The number of carboxylic acids is 1. The maximum Gasteiger partial charge on any atom is 0.308 e. The summed E-state index contributed by atoms with van der Waals surface area (Å²) in [4.78, 5) is 25.2. The van der Waals surface area contributed by atoms with Crippen LogP contribution in [0.2, 0.25) is 0 Å². The minimum atomic E-state index is -0.789. The Hall–Kier alpha value is -1.10. The molecule has 4 unspecified atom stereocenters. The zero-order valence-corrected chi connectivity index (χ0v) is 11.1. The van der Waals surface area contributed by atoms with Crippen LogP contribution in [0.5, 0.6) is 0 Å². The molecule has 2 aliphatic rings. The zero-order valence-electron chi connectivity index (χ0n) is 11.1. The van der Waals surface area contributed by atoms with Crippen LogP contribution in [0.1, 0.15) is 26.7 Å². The summed E-state index contributed by atoms with van der Waals surface area (Å²) in [6.45, 7) is 5.81. The molecule has 2 heterocycles. The number of hydrogen-bond acceptors (Lipinski definition) is 3. The van der Waals surface area contributed by atoms with Crippen LogP contribution in [0.25, 0.3) is 0 Å². The average molecular weight is 254 g/mol. The van der Waals surface area contributed by atoms with Gasteiger partial charge in [-0.2, -0.15) is 0 Å². The first-order chi connectivity index (χ1) is 8.50. The number of likely N-dealkylation sites (tertiary alicyclic amines) is 1. The van der Waals surface area contributed by atoms with E-state index in [0.29, 0.717) is 19.0 Å². The zero-order chi connectivity index (χ0) is 13.3. The van der Waals surface area contributed by atoms with Gasteiger partial charge in [0.1, 0.15) is 0 Å².